The van der Waals surface area contributed by atoms with Crippen LogP contribution in [-0.4, -0.2) is 30.6 Å². The average molecular weight is 377 g/mol. The average Bonchev–Trinajstić information content (AvgIpc) is 3.07. The van der Waals surface area contributed by atoms with Crippen molar-refractivity contribution in [2.24, 2.45) is 5.10 Å². The fraction of sp³-hybridized carbons (Fsp3) is 0.222. The van der Waals surface area contributed by atoms with E-state index in [1.165, 1.54) is 12.3 Å². The Labute approximate surface area is 155 Å². The van der Waals surface area contributed by atoms with Gasteiger partial charge < -0.3 is 19.3 Å². The second-order valence-electron chi connectivity index (χ2n) is 5.44. The molecule has 7 nitrogen and oxygen atoms in total. The molecule has 3 rings (SSSR count). The predicted molar refractivity (Wildman–Crippen MR) is 96.3 cm³/mol. The lowest BCUT2D eigenvalue weighted by Crippen LogP contribution is -2.19. The molecule has 0 aromatic heterocycles. The number of ether oxygens (including phenoxy) is 3. The Morgan fingerprint density at radius 1 is 1.35 bits per heavy atom. The van der Waals surface area contributed by atoms with Crippen LogP contribution in [0.3, 0.4) is 0 Å². The number of carbonyl (C=O) groups excluding carboxylic acids is 1. The first-order chi connectivity index (χ1) is 12.6. The number of rotatable bonds is 6. The second kappa shape index (κ2) is 7.97. The predicted octanol–water partition coefficient (Wildman–Crippen LogP) is 2.87. The van der Waals surface area contributed by atoms with Gasteiger partial charge in [-0.3, -0.25) is 4.79 Å². The highest BCUT2D eigenvalue weighted by Crippen LogP contribution is 2.35. The van der Waals surface area contributed by atoms with E-state index in [0.717, 1.165) is 5.56 Å². The van der Waals surface area contributed by atoms with Gasteiger partial charge in [0, 0.05) is 0 Å². The lowest BCUT2D eigenvalue weighted by Gasteiger charge is -2.08. The number of fused-ring (bicyclic) bond motifs is 1. The van der Waals surface area contributed by atoms with Crippen molar-refractivity contribution in [2.45, 2.75) is 13.3 Å². The number of hydrazone groups is 1. The Morgan fingerprint density at radius 3 is 2.96 bits per heavy atom. The van der Waals surface area contributed by atoms with Crippen LogP contribution < -0.4 is 19.6 Å². The van der Waals surface area contributed by atoms with Crippen LogP contribution >= 0.6 is 11.6 Å². The van der Waals surface area contributed by atoms with E-state index in [2.05, 4.69) is 10.5 Å². The number of hydrogen-bond donors (Lipinski definition) is 2. The van der Waals surface area contributed by atoms with Gasteiger partial charge in [-0.05, 0) is 42.3 Å². The molecule has 1 aliphatic rings. The summed E-state index contributed by atoms with van der Waals surface area (Å²) < 4.78 is 15.8. The second-order valence-corrected chi connectivity index (χ2v) is 5.85. The van der Waals surface area contributed by atoms with E-state index in [0.29, 0.717) is 23.7 Å². The molecule has 0 saturated heterocycles. The largest absolute Gasteiger partial charge is 0.503 e. The minimum atomic E-state index is -0.282. The van der Waals surface area contributed by atoms with E-state index in [4.69, 9.17) is 25.8 Å². The molecule has 26 heavy (non-hydrogen) atoms. The molecule has 2 aromatic rings. The van der Waals surface area contributed by atoms with E-state index in [1.807, 2.05) is 0 Å². The summed E-state index contributed by atoms with van der Waals surface area (Å²) >= 11 is 5.95. The fourth-order valence-corrected chi connectivity index (χ4v) is 2.61. The lowest BCUT2D eigenvalue weighted by molar-refractivity contribution is -0.120. The summed E-state index contributed by atoms with van der Waals surface area (Å²) in [6.07, 6.45) is 1.57. The number of nitrogens with zero attached hydrogens (tertiary/aromatic N) is 1. The Hall–Kier alpha value is -2.93. The molecular weight excluding hydrogens is 360 g/mol. The molecule has 0 spiro atoms. The van der Waals surface area contributed by atoms with Crippen LogP contribution in [0.4, 0.5) is 0 Å². The van der Waals surface area contributed by atoms with Crippen LogP contribution in [0.5, 0.6) is 23.0 Å². The van der Waals surface area contributed by atoms with E-state index < -0.39 is 0 Å². The summed E-state index contributed by atoms with van der Waals surface area (Å²) in [6, 6.07) is 8.43. The molecule has 1 heterocycles. The minimum absolute atomic E-state index is 0.127. The maximum absolute atomic E-state index is 12.0. The maximum Gasteiger partial charge on any atom is 0.244 e. The first kappa shape index (κ1) is 17.9. The number of halogens is 1. The summed E-state index contributed by atoms with van der Waals surface area (Å²) in [4.78, 5) is 12.0. The molecule has 0 unspecified atom stereocenters. The number of phenolic OH excluding ortho intramolecular Hbond substituents is 1. The van der Waals surface area contributed by atoms with Crippen molar-refractivity contribution in [3.63, 3.8) is 0 Å². The highest BCUT2D eigenvalue weighted by molar-refractivity contribution is 6.32. The molecular formula is C18H17ClN2O5. The van der Waals surface area contributed by atoms with Crippen molar-refractivity contribution in [1.29, 1.82) is 0 Å². The van der Waals surface area contributed by atoms with Crippen LogP contribution in [0, 0.1) is 0 Å². The molecule has 2 N–H and O–H groups in total. The van der Waals surface area contributed by atoms with Crippen LogP contribution in [0.25, 0.3) is 0 Å². The van der Waals surface area contributed by atoms with Crippen LogP contribution in [0.1, 0.15) is 18.1 Å². The first-order valence-corrected chi connectivity index (χ1v) is 8.30. The van der Waals surface area contributed by atoms with Gasteiger partial charge in [0.05, 0.1) is 24.3 Å². The standard InChI is InChI=1S/C18H17ClN2O5/c1-2-24-16-7-12(5-13(19)18(16)23)9-20-21-17(22)8-11-3-4-14-15(6-11)26-10-25-14/h3-7,9,23H,2,8,10H2,1H3,(H,21,22)/b20-9-. The maximum atomic E-state index is 12.0. The fourth-order valence-electron chi connectivity index (χ4n) is 2.39. The van der Waals surface area contributed by atoms with Gasteiger partial charge >= 0.3 is 0 Å². The topological polar surface area (TPSA) is 89.4 Å². The molecule has 1 aliphatic heterocycles. The van der Waals surface area contributed by atoms with E-state index in [-0.39, 0.29) is 35.6 Å². The van der Waals surface area contributed by atoms with E-state index in [9.17, 15) is 9.90 Å². The number of phenols is 1. The number of hydrogen-bond acceptors (Lipinski definition) is 6. The number of aromatic hydroxyl groups is 1. The zero-order valence-electron chi connectivity index (χ0n) is 14.0. The molecule has 0 radical (unpaired) electrons. The Kier molecular flexibility index (Phi) is 5.48. The molecule has 0 saturated carbocycles. The monoisotopic (exact) mass is 376 g/mol. The van der Waals surface area contributed by atoms with Crippen molar-refractivity contribution in [2.75, 3.05) is 13.4 Å². The summed E-state index contributed by atoms with van der Waals surface area (Å²) in [5.41, 5.74) is 3.81. The molecule has 2 aromatic carbocycles. The molecule has 0 bridgehead atoms. The van der Waals surface area contributed by atoms with Crippen molar-refractivity contribution < 1.29 is 24.1 Å². The van der Waals surface area contributed by atoms with Gasteiger partial charge in [0.2, 0.25) is 12.7 Å². The highest BCUT2D eigenvalue weighted by atomic mass is 35.5. The third-order valence-electron chi connectivity index (χ3n) is 3.56. The Bertz CT molecular complexity index is 854. The van der Waals surface area contributed by atoms with Gasteiger partial charge in [-0.25, -0.2) is 5.43 Å². The van der Waals surface area contributed by atoms with Gasteiger partial charge in [0.1, 0.15) is 0 Å². The molecule has 1 amide bonds. The minimum Gasteiger partial charge on any atom is -0.503 e. The SMILES string of the molecule is CCOc1cc(/C=N\NC(=O)Cc2ccc3c(c2)OCO3)cc(Cl)c1O. The van der Waals surface area contributed by atoms with E-state index >= 15 is 0 Å². The molecule has 0 fully saturated rings. The summed E-state index contributed by atoms with van der Waals surface area (Å²) in [5, 5.41) is 13.9. The number of carbonyl (C=O) groups is 1. The van der Waals surface area contributed by atoms with Crippen molar-refractivity contribution in [1.82, 2.24) is 5.43 Å². The first-order valence-electron chi connectivity index (χ1n) is 7.92. The van der Waals surface area contributed by atoms with Crippen LogP contribution in [-0.2, 0) is 11.2 Å². The molecule has 8 heteroatoms. The molecule has 0 atom stereocenters. The van der Waals surface area contributed by atoms with Gasteiger partial charge in [-0.2, -0.15) is 5.10 Å². The number of nitrogens with one attached hydrogen (secondary N) is 1. The Balaban J connectivity index is 1.60. The quantitative estimate of drug-likeness (QED) is 0.597. The van der Waals surface area contributed by atoms with Crippen LogP contribution in [0.15, 0.2) is 35.4 Å². The summed E-state index contributed by atoms with van der Waals surface area (Å²) in [5.74, 6) is 1.14. The van der Waals surface area contributed by atoms with Crippen molar-refractivity contribution >= 4 is 23.7 Å². The number of amides is 1. The third kappa shape index (κ3) is 4.18. The van der Waals surface area contributed by atoms with Crippen LogP contribution in [0.2, 0.25) is 5.02 Å². The number of benzene rings is 2. The van der Waals surface area contributed by atoms with Gasteiger partial charge in [-0.15, -0.1) is 0 Å². The van der Waals surface area contributed by atoms with E-state index in [1.54, 1.807) is 31.2 Å². The third-order valence-corrected chi connectivity index (χ3v) is 3.84. The van der Waals surface area contributed by atoms with Gasteiger partial charge in [0.15, 0.2) is 23.0 Å². The van der Waals surface area contributed by atoms with Gasteiger partial charge in [-0.1, -0.05) is 17.7 Å². The zero-order valence-corrected chi connectivity index (χ0v) is 14.7. The van der Waals surface area contributed by atoms with Crippen molar-refractivity contribution in [3.05, 3.63) is 46.5 Å². The lowest BCUT2D eigenvalue weighted by atomic mass is 10.1. The smallest absolute Gasteiger partial charge is 0.244 e. The molecule has 0 aliphatic carbocycles. The van der Waals surface area contributed by atoms with Crippen molar-refractivity contribution in [3.8, 4) is 23.0 Å². The summed E-state index contributed by atoms with van der Waals surface area (Å²) in [7, 11) is 0. The zero-order chi connectivity index (χ0) is 18.5. The normalized spacial score (nSPS) is 12.4. The molecule has 136 valence electrons. The van der Waals surface area contributed by atoms with Gasteiger partial charge in [0.25, 0.3) is 0 Å². The Morgan fingerprint density at radius 2 is 2.15 bits per heavy atom. The summed E-state index contributed by atoms with van der Waals surface area (Å²) in [6.45, 7) is 2.37. The highest BCUT2D eigenvalue weighted by Gasteiger charge is 2.14.